The van der Waals surface area contributed by atoms with E-state index in [1.807, 2.05) is 6.92 Å². The first-order valence-electron chi connectivity index (χ1n) is 12.8. The van der Waals surface area contributed by atoms with Crippen molar-refractivity contribution in [2.24, 2.45) is 5.92 Å². The highest BCUT2D eigenvalue weighted by molar-refractivity contribution is 7.90. The van der Waals surface area contributed by atoms with Crippen LogP contribution in [0.4, 0.5) is 5.82 Å². The molecule has 0 radical (unpaired) electrons. The molecule has 0 saturated heterocycles. The monoisotopic (exact) mass is 548 g/mol. The van der Waals surface area contributed by atoms with Crippen LogP contribution in [0.1, 0.15) is 55.8 Å². The third-order valence-electron chi connectivity index (χ3n) is 7.20. The molecule has 202 valence electrons. The van der Waals surface area contributed by atoms with E-state index in [4.69, 9.17) is 9.72 Å². The van der Waals surface area contributed by atoms with Gasteiger partial charge in [-0.3, -0.25) is 9.36 Å². The van der Waals surface area contributed by atoms with Crippen molar-refractivity contribution >= 4 is 26.8 Å². The van der Waals surface area contributed by atoms with Crippen LogP contribution in [-0.4, -0.2) is 56.3 Å². The minimum atomic E-state index is -3.39. The average Bonchev–Trinajstić information content (AvgIpc) is 3.84. The number of aromatic nitrogens is 7. The van der Waals surface area contributed by atoms with Gasteiger partial charge in [-0.15, -0.1) is 0 Å². The number of fused-ring (bicyclic) bond motifs is 1. The van der Waals surface area contributed by atoms with E-state index in [-0.39, 0.29) is 29.0 Å². The minimum absolute atomic E-state index is 0.00561. The molecule has 0 amide bonds. The number of hydrogen-bond donors (Lipinski definition) is 1. The van der Waals surface area contributed by atoms with Gasteiger partial charge >= 0.3 is 0 Å². The zero-order valence-electron chi connectivity index (χ0n) is 21.8. The number of pyridine rings is 1. The Kier molecular flexibility index (Phi) is 6.25. The van der Waals surface area contributed by atoms with Gasteiger partial charge in [0.1, 0.15) is 17.4 Å². The molecule has 2 aliphatic carbocycles. The molecule has 2 aliphatic rings. The van der Waals surface area contributed by atoms with Gasteiger partial charge < -0.3 is 10.1 Å². The predicted octanol–water partition coefficient (Wildman–Crippen LogP) is 2.91. The maximum atomic E-state index is 13.8. The molecular formula is C26H28N8O4S. The summed E-state index contributed by atoms with van der Waals surface area (Å²) in [5, 5.41) is 3.10. The third kappa shape index (κ3) is 4.93. The molecule has 1 atom stereocenters. The van der Waals surface area contributed by atoms with E-state index in [9.17, 15) is 13.2 Å². The number of hydrogen-bond acceptors (Lipinski definition) is 11. The van der Waals surface area contributed by atoms with Gasteiger partial charge in [0.2, 0.25) is 5.88 Å². The number of methoxy groups -OCH3 is 1. The Bertz CT molecular complexity index is 1730. The van der Waals surface area contributed by atoms with Crippen LogP contribution in [-0.2, 0) is 16.4 Å². The van der Waals surface area contributed by atoms with Crippen molar-refractivity contribution in [3.05, 3.63) is 52.5 Å². The van der Waals surface area contributed by atoms with Gasteiger partial charge in [0.15, 0.2) is 32.2 Å². The van der Waals surface area contributed by atoms with Gasteiger partial charge in [-0.05, 0) is 50.2 Å². The SMILES string of the molecule is COc1ncnc(C2CC2)c1-c1ncc2nc(NCc3ccc(S(C)(=O)=O)nc3)c(=O)n([C@@H](C)C3CC3)c2n1. The largest absolute Gasteiger partial charge is 0.480 e. The first-order chi connectivity index (χ1) is 18.7. The Labute approximate surface area is 224 Å². The first kappa shape index (κ1) is 25.3. The lowest BCUT2D eigenvalue weighted by Crippen LogP contribution is -2.29. The molecule has 0 bridgehead atoms. The summed E-state index contributed by atoms with van der Waals surface area (Å²) >= 11 is 0. The fraction of sp³-hybridized carbons (Fsp3) is 0.423. The van der Waals surface area contributed by atoms with E-state index in [0.29, 0.717) is 45.8 Å². The zero-order chi connectivity index (χ0) is 27.3. The van der Waals surface area contributed by atoms with Crippen LogP contribution in [0.2, 0.25) is 0 Å². The smallest absolute Gasteiger partial charge is 0.295 e. The molecule has 2 fully saturated rings. The maximum absolute atomic E-state index is 13.8. The van der Waals surface area contributed by atoms with Crippen LogP contribution in [0.15, 0.2) is 40.7 Å². The van der Waals surface area contributed by atoms with E-state index in [1.54, 1.807) is 23.9 Å². The van der Waals surface area contributed by atoms with Crippen LogP contribution in [0.5, 0.6) is 5.88 Å². The standard InChI is InChI=1S/C26H28N8O4S/c1-14(16-5-6-16)34-24-18(12-29-22(33-24)20-21(17-7-8-17)30-13-31-25(20)38-2)32-23(26(34)35)28-11-15-4-9-19(27-10-15)39(3,36)37/h4,9-10,12-14,16-17H,5-8,11H2,1-3H3,(H,28,32)/t14-/m0/s1. The number of sulfone groups is 1. The number of nitrogens with zero attached hydrogens (tertiary/aromatic N) is 7. The minimum Gasteiger partial charge on any atom is -0.480 e. The number of ether oxygens (including phenoxy) is 1. The summed E-state index contributed by atoms with van der Waals surface area (Å²) in [6.45, 7) is 2.27. The van der Waals surface area contributed by atoms with Crippen molar-refractivity contribution in [1.29, 1.82) is 0 Å². The van der Waals surface area contributed by atoms with Crippen LogP contribution >= 0.6 is 0 Å². The fourth-order valence-electron chi connectivity index (χ4n) is 4.74. The highest BCUT2D eigenvalue weighted by atomic mass is 32.2. The molecule has 4 heterocycles. The quantitative estimate of drug-likeness (QED) is 0.328. The van der Waals surface area contributed by atoms with E-state index >= 15 is 0 Å². The lowest BCUT2D eigenvalue weighted by molar-refractivity contribution is 0.397. The van der Waals surface area contributed by atoms with E-state index in [1.165, 1.54) is 18.6 Å². The van der Waals surface area contributed by atoms with Gasteiger partial charge in [0.05, 0.1) is 19.0 Å². The number of anilines is 1. The molecule has 12 nitrogen and oxygen atoms in total. The molecule has 1 N–H and O–H groups in total. The van der Waals surface area contributed by atoms with Crippen LogP contribution < -0.4 is 15.6 Å². The molecule has 39 heavy (non-hydrogen) atoms. The van der Waals surface area contributed by atoms with Crippen molar-refractivity contribution in [3.8, 4) is 17.3 Å². The highest BCUT2D eigenvalue weighted by Crippen LogP contribution is 2.45. The van der Waals surface area contributed by atoms with Crippen molar-refractivity contribution in [1.82, 2.24) is 34.5 Å². The second-order valence-electron chi connectivity index (χ2n) is 10.2. The molecule has 4 aromatic rings. The summed E-state index contributed by atoms with van der Waals surface area (Å²) in [7, 11) is -1.84. The summed E-state index contributed by atoms with van der Waals surface area (Å²) in [4.78, 5) is 40.6. The van der Waals surface area contributed by atoms with Crippen molar-refractivity contribution in [3.63, 3.8) is 0 Å². The Morgan fingerprint density at radius 1 is 1.08 bits per heavy atom. The average molecular weight is 549 g/mol. The molecule has 13 heteroatoms. The summed E-state index contributed by atoms with van der Waals surface area (Å²) in [6, 6.07) is 3.02. The normalized spacial score (nSPS) is 16.3. The van der Waals surface area contributed by atoms with E-state index < -0.39 is 9.84 Å². The van der Waals surface area contributed by atoms with Gasteiger partial charge in [0, 0.05) is 31.0 Å². The number of rotatable bonds is 9. The summed E-state index contributed by atoms with van der Waals surface area (Å²) in [5.74, 6) is 1.66. The highest BCUT2D eigenvalue weighted by Gasteiger charge is 2.34. The summed E-state index contributed by atoms with van der Waals surface area (Å²) in [6.07, 6.45) is 9.84. The van der Waals surface area contributed by atoms with Crippen molar-refractivity contribution < 1.29 is 13.2 Å². The second kappa shape index (κ2) is 9.63. The summed E-state index contributed by atoms with van der Waals surface area (Å²) < 4.78 is 30.6. The van der Waals surface area contributed by atoms with E-state index in [0.717, 1.165) is 37.6 Å². The third-order valence-corrected chi connectivity index (χ3v) is 8.20. The molecule has 4 aromatic heterocycles. The summed E-state index contributed by atoms with van der Waals surface area (Å²) in [5.41, 5.74) is 2.85. The Morgan fingerprint density at radius 2 is 1.87 bits per heavy atom. The van der Waals surface area contributed by atoms with E-state index in [2.05, 4.69) is 30.2 Å². The Hall–Kier alpha value is -4.00. The van der Waals surface area contributed by atoms with Gasteiger partial charge in [0.25, 0.3) is 5.56 Å². The molecule has 6 rings (SSSR count). The van der Waals surface area contributed by atoms with Crippen molar-refractivity contribution in [2.45, 2.75) is 56.1 Å². The molecule has 0 spiro atoms. The molecular weight excluding hydrogens is 520 g/mol. The topological polar surface area (TPSA) is 155 Å². The lowest BCUT2D eigenvalue weighted by Gasteiger charge is -2.19. The first-order valence-corrected chi connectivity index (χ1v) is 14.7. The zero-order valence-corrected chi connectivity index (χ0v) is 22.6. The van der Waals surface area contributed by atoms with Gasteiger partial charge in [-0.1, -0.05) is 6.07 Å². The van der Waals surface area contributed by atoms with Gasteiger partial charge in [-0.25, -0.2) is 38.3 Å². The fourth-order valence-corrected chi connectivity index (χ4v) is 5.30. The van der Waals surface area contributed by atoms with Crippen LogP contribution in [0, 0.1) is 5.92 Å². The second-order valence-corrected chi connectivity index (χ2v) is 12.1. The van der Waals surface area contributed by atoms with Crippen molar-refractivity contribution in [2.75, 3.05) is 18.7 Å². The van der Waals surface area contributed by atoms with Crippen LogP contribution in [0.25, 0.3) is 22.6 Å². The molecule has 0 unspecified atom stereocenters. The maximum Gasteiger partial charge on any atom is 0.295 e. The molecule has 2 saturated carbocycles. The van der Waals surface area contributed by atoms with Crippen LogP contribution in [0.3, 0.4) is 0 Å². The molecule has 0 aromatic carbocycles. The Morgan fingerprint density at radius 3 is 2.51 bits per heavy atom. The van der Waals surface area contributed by atoms with Gasteiger partial charge in [-0.2, -0.15) is 0 Å². The predicted molar refractivity (Wildman–Crippen MR) is 143 cm³/mol. The lowest BCUT2D eigenvalue weighted by atomic mass is 10.1. The molecule has 0 aliphatic heterocycles. The number of nitrogens with one attached hydrogen (secondary N) is 1. The Balaban J connectivity index is 1.41.